The minimum absolute atomic E-state index is 0.174. The third-order valence-electron chi connectivity index (χ3n) is 2.28. The third kappa shape index (κ3) is 4.09. The molecule has 1 atom stereocenters. The minimum Gasteiger partial charge on any atom is -0.313 e. The van der Waals surface area contributed by atoms with E-state index in [1.807, 2.05) is 0 Å². The molecule has 0 aliphatic carbocycles. The summed E-state index contributed by atoms with van der Waals surface area (Å²) in [6.07, 6.45) is 1.72. The van der Waals surface area contributed by atoms with Gasteiger partial charge in [0.1, 0.15) is 0 Å². The highest BCUT2D eigenvalue weighted by Gasteiger charge is 2.22. The Morgan fingerprint density at radius 3 is 2.77 bits per heavy atom. The molecule has 1 aliphatic rings. The Kier molecular flexibility index (Phi) is 3.74. The van der Waals surface area contributed by atoms with E-state index in [1.54, 1.807) is 0 Å². The fourth-order valence-corrected chi connectivity index (χ4v) is 3.39. The molecule has 13 heavy (non-hydrogen) atoms. The van der Waals surface area contributed by atoms with Crippen molar-refractivity contribution < 1.29 is 8.42 Å². The van der Waals surface area contributed by atoms with Gasteiger partial charge in [0.2, 0.25) is 0 Å². The average Bonchev–Trinajstić information content (AvgIpc) is 2.09. The molecule has 3 nitrogen and oxygen atoms in total. The van der Waals surface area contributed by atoms with Gasteiger partial charge >= 0.3 is 0 Å². The zero-order valence-corrected chi connectivity index (χ0v) is 9.23. The quantitative estimate of drug-likeness (QED) is 0.725. The highest BCUT2D eigenvalue weighted by atomic mass is 32.2. The van der Waals surface area contributed by atoms with Gasteiger partial charge in [-0.1, -0.05) is 13.8 Å². The lowest BCUT2D eigenvalue weighted by Crippen LogP contribution is -2.34. The van der Waals surface area contributed by atoms with Crippen molar-refractivity contribution in [3.8, 4) is 0 Å². The lowest BCUT2D eigenvalue weighted by molar-refractivity contribution is 0.449. The molecule has 4 heteroatoms. The lowest BCUT2D eigenvalue weighted by atomic mass is 10.1. The number of hydrogen-bond donors (Lipinski definition) is 1. The zero-order valence-electron chi connectivity index (χ0n) is 8.41. The van der Waals surface area contributed by atoms with Gasteiger partial charge < -0.3 is 5.32 Å². The van der Waals surface area contributed by atoms with Crippen LogP contribution in [0.4, 0.5) is 0 Å². The van der Waals surface area contributed by atoms with E-state index in [-0.39, 0.29) is 6.04 Å². The van der Waals surface area contributed by atoms with E-state index in [0.29, 0.717) is 17.4 Å². The summed E-state index contributed by atoms with van der Waals surface area (Å²) >= 11 is 0. The fourth-order valence-electron chi connectivity index (χ4n) is 1.77. The normalized spacial score (nSPS) is 28.7. The minimum atomic E-state index is -2.78. The van der Waals surface area contributed by atoms with Crippen LogP contribution in [0.1, 0.15) is 26.7 Å². The predicted molar refractivity (Wildman–Crippen MR) is 54.5 cm³/mol. The Labute approximate surface area is 80.8 Å². The molecule has 78 valence electrons. The second-order valence-electron chi connectivity index (χ2n) is 4.25. The molecule has 1 aliphatic heterocycles. The molecule has 0 spiro atoms. The van der Waals surface area contributed by atoms with Crippen LogP contribution >= 0.6 is 0 Å². The van der Waals surface area contributed by atoms with Crippen LogP contribution in [0.25, 0.3) is 0 Å². The SMILES string of the molecule is CC(C)CC1CS(=O)(=O)CCCN1. The van der Waals surface area contributed by atoms with Crippen LogP contribution in [0.5, 0.6) is 0 Å². The summed E-state index contributed by atoms with van der Waals surface area (Å²) in [6.45, 7) is 5.09. The smallest absolute Gasteiger partial charge is 0.151 e. The van der Waals surface area contributed by atoms with Crippen LogP contribution in [0.2, 0.25) is 0 Å². The van der Waals surface area contributed by atoms with Crippen molar-refractivity contribution in [2.45, 2.75) is 32.7 Å². The molecular weight excluding hydrogens is 186 g/mol. The Bertz CT molecular complexity index is 246. The highest BCUT2D eigenvalue weighted by Crippen LogP contribution is 2.10. The zero-order chi connectivity index (χ0) is 9.90. The molecule has 0 bridgehead atoms. The highest BCUT2D eigenvalue weighted by molar-refractivity contribution is 7.91. The summed E-state index contributed by atoms with van der Waals surface area (Å²) in [4.78, 5) is 0. The van der Waals surface area contributed by atoms with Crippen LogP contribution in [-0.2, 0) is 9.84 Å². The predicted octanol–water partition coefficient (Wildman–Crippen LogP) is 0.809. The molecule has 0 aromatic carbocycles. The van der Waals surface area contributed by atoms with Crippen molar-refractivity contribution in [2.24, 2.45) is 5.92 Å². The first-order valence-corrected chi connectivity index (χ1v) is 6.75. The third-order valence-corrected chi connectivity index (χ3v) is 4.10. The first-order chi connectivity index (χ1) is 5.99. The number of rotatable bonds is 2. The van der Waals surface area contributed by atoms with Gasteiger partial charge in [0.05, 0.1) is 11.5 Å². The van der Waals surface area contributed by atoms with E-state index >= 15 is 0 Å². The molecule has 1 heterocycles. The van der Waals surface area contributed by atoms with Crippen molar-refractivity contribution in [1.29, 1.82) is 0 Å². The average molecular weight is 205 g/mol. The van der Waals surface area contributed by atoms with Gasteiger partial charge in [-0.05, 0) is 25.3 Å². The van der Waals surface area contributed by atoms with Gasteiger partial charge in [0.15, 0.2) is 9.84 Å². The lowest BCUT2D eigenvalue weighted by Gasteiger charge is -2.16. The summed E-state index contributed by atoms with van der Waals surface area (Å²) in [7, 11) is -2.78. The second kappa shape index (κ2) is 4.42. The van der Waals surface area contributed by atoms with E-state index in [2.05, 4.69) is 19.2 Å². The van der Waals surface area contributed by atoms with Crippen molar-refractivity contribution in [3.05, 3.63) is 0 Å². The van der Waals surface area contributed by atoms with Gasteiger partial charge in [-0.2, -0.15) is 0 Å². The number of nitrogens with one attached hydrogen (secondary N) is 1. The Morgan fingerprint density at radius 1 is 1.46 bits per heavy atom. The maximum atomic E-state index is 11.4. The van der Waals surface area contributed by atoms with E-state index in [0.717, 1.165) is 19.4 Å². The second-order valence-corrected chi connectivity index (χ2v) is 6.48. The summed E-state index contributed by atoms with van der Waals surface area (Å²) in [5.74, 6) is 1.24. The van der Waals surface area contributed by atoms with E-state index in [9.17, 15) is 8.42 Å². The van der Waals surface area contributed by atoms with Crippen molar-refractivity contribution in [3.63, 3.8) is 0 Å². The molecule has 0 radical (unpaired) electrons. The monoisotopic (exact) mass is 205 g/mol. The molecule has 1 saturated heterocycles. The first-order valence-electron chi connectivity index (χ1n) is 4.93. The molecule has 1 unspecified atom stereocenters. The van der Waals surface area contributed by atoms with Gasteiger partial charge in [-0.3, -0.25) is 0 Å². The van der Waals surface area contributed by atoms with Crippen LogP contribution in [0.3, 0.4) is 0 Å². The Balaban J connectivity index is 2.55. The molecule has 1 rings (SSSR count). The Hall–Kier alpha value is -0.0900. The molecule has 1 fully saturated rings. The van der Waals surface area contributed by atoms with Crippen LogP contribution in [0, 0.1) is 5.92 Å². The van der Waals surface area contributed by atoms with Gasteiger partial charge in [-0.25, -0.2) is 8.42 Å². The standard InChI is InChI=1S/C9H19NO2S/c1-8(2)6-9-7-13(11,12)5-3-4-10-9/h8-10H,3-7H2,1-2H3. The summed E-state index contributed by atoms with van der Waals surface area (Å²) in [5, 5.41) is 3.29. The maximum Gasteiger partial charge on any atom is 0.151 e. The Morgan fingerprint density at radius 2 is 2.15 bits per heavy atom. The fraction of sp³-hybridized carbons (Fsp3) is 1.00. The molecule has 0 amide bonds. The van der Waals surface area contributed by atoms with Crippen molar-refractivity contribution in [1.82, 2.24) is 5.32 Å². The van der Waals surface area contributed by atoms with Crippen LogP contribution < -0.4 is 5.32 Å². The molecule has 0 aromatic rings. The molecular formula is C9H19NO2S. The maximum absolute atomic E-state index is 11.4. The number of hydrogen-bond acceptors (Lipinski definition) is 3. The van der Waals surface area contributed by atoms with E-state index in [4.69, 9.17) is 0 Å². The molecule has 1 N–H and O–H groups in total. The summed E-state index contributed by atoms with van der Waals surface area (Å²) < 4.78 is 22.8. The van der Waals surface area contributed by atoms with Gasteiger partial charge in [0.25, 0.3) is 0 Å². The summed E-state index contributed by atoms with van der Waals surface area (Å²) in [5.41, 5.74) is 0. The van der Waals surface area contributed by atoms with Crippen molar-refractivity contribution in [2.75, 3.05) is 18.1 Å². The van der Waals surface area contributed by atoms with Gasteiger partial charge in [-0.15, -0.1) is 0 Å². The number of sulfone groups is 1. The van der Waals surface area contributed by atoms with Crippen molar-refractivity contribution >= 4 is 9.84 Å². The van der Waals surface area contributed by atoms with Crippen LogP contribution in [0.15, 0.2) is 0 Å². The van der Waals surface area contributed by atoms with E-state index < -0.39 is 9.84 Å². The first kappa shape index (κ1) is 11.0. The van der Waals surface area contributed by atoms with E-state index in [1.165, 1.54) is 0 Å². The van der Waals surface area contributed by atoms with Gasteiger partial charge in [0, 0.05) is 6.04 Å². The van der Waals surface area contributed by atoms with Crippen LogP contribution in [-0.4, -0.2) is 32.5 Å². The largest absolute Gasteiger partial charge is 0.313 e. The molecule has 0 saturated carbocycles. The molecule has 0 aromatic heterocycles. The topological polar surface area (TPSA) is 46.2 Å². The summed E-state index contributed by atoms with van der Waals surface area (Å²) in [6, 6.07) is 0.174.